The molecule has 0 spiro atoms. The highest BCUT2D eigenvalue weighted by Crippen LogP contribution is 2.31. The van der Waals surface area contributed by atoms with Crippen molar-refractivity contribution in [2.45, 2.75) is 11.1 Å². The van der Waals surface area contributed by atoms with E-state index in [9.17, 15) is 13.2 Å². The molecule has 4 heterocycles. The zero-order valence-corrected chi connectivity index (χ0v) is 17.1. The number of nitrogens with one attached hydrogen (secondary N) is 1. The number of pyridine rings is 2. The van der Waals surface area contributed by atoms with E-state index < -0.39 is 10.0 Å². The second-order valence-electron chi connectivity index (χ2n) is 6.18. The van der Waals surface area contributed by atoms with E-state index >= 15 is 0 Å². The maximum Gasteiger partial charge on any atom is 0.271 e. The van der Waals surface area contributed by atoms with Gasteiger partial charge in [-0.2, -0.15) is 0 Å². The number of nitrogens with zero attached hydrogens (tertiary/aromatic N) is 3. The minimum atomic E-state index is -3.78. The molecule has 0 amide bonds. The van der Waals surface area contributed by atoms with E-state index in [1.165, 1.54) is 35.1 Å². The maximum atomic E-state index is 12.7. The molecule has 4 aromatic rings. The van der Waals surface area contributed by atoms with Crippen molar-refractivity contribution in [2.75, 3.05) is 11.8 Å². The first-order valence-electron chi connectivity index (χ1n) is 8.48. The molecule has 10 heteroatoms. The number of thiophene rings is 1. The van der Waals surface area contributed by atoms with E-state index in [1.807, 2.05) is 6.92 Å². The summed E-state index contributed by atoms with van der Waals surface area (Å²) >= 11 is 1.17. The first-order chi connectivity index (χ1) is 13.9. The highest BCUT2D eigenvalue weighted by Gasteiger charge is 2.19. The second kappa shape index (κ2) is 7.30. The Hall–Kier alpha value is -3.24. The molecular weight excluding hydrogens is 412 g/mol. The summed E-state index contributed by atoms with van der Waals surface area (Å²) in [6.45, 7) is 1.84. The summed E-state index contributed by atoms with van der Waals surface area (Å²) in [4.78, 5) is 21.3. The lowest BCUT2D eigenvalue weighted by Gasteiger charge is -2.12. The quantitative estimate of drug-likeness (QED) is 0.524. The first-order valence-corrected chi connectivity index (χ1v) is 10.8. The highest BCUT2D eigenvalue weighted by molar-refractivity contribution is 7.94. The summed E-state index contributed by atoms with van der Waals surface area (Å²) in [6.07, 6.45) is 4.63. The fourth-order valence-corrected chi connectivity index (χ4v) is 5.13. The van der Waals surface area contributed by atoms with Crippen LogP contribution < -0.4 is 15.0 Å². The Morgan fingerprint density at radius 1 is 1.10 bits per heavy atom. The van der Waals surface area contributed by atoms with Gasteiger partial charge in [0.25, 0.3) is 15.6 Å². The SMILES string of the molecule is COc1ncc(-c2ccc3nccc(=O)n3c2)cc1NS(=O)(=O)c1ccc(C)s1. The van der Waals surface area contributed by atoms with E-state index in [4.69, 9.17) is 4.74 Å². The standard InChI is InChI=1S/C19H16N4O4S2/c1-12-3-6-18(28-12)29(25,26)22-15-9-14(10-21-19(15)27-2)13-4-5-16-20-8-7-17(24)23(16)11-13/h3-11,22H,1-2H3. The van der Waals surface area contributed by atoms with Crippen molar-refractivity contribution >= 4 is 32.7 Å². The van der Waals surface area contributed by atoms with Crippen LogP contribution in [0.1, 0.15) is 4.88 Å². The third kappa shape index (κ3) is 3.71. The van der Waals surface area contributed by atoms with Crippen molar-refractivity contribution in [1.82, 2.24) is 14.4 Å². The number of aryl methyl sites for hydroxylation is 1. The van der Waals surface area contributed by atoms with E-state index in [0.29, 0.717) is 16.8 Å². The van der Waals surface area contributed by atoms with Crippen LogP contribution in [0.5, 0.6) is 5.88 Å². The van der Waals surface area contributed by atoms with Gasteiger partial charge >= 0.3 is 0 Å². The zero-order chi connectivity index (χ0) is 20.6. The first kappa shape index (κ1) is 19.1. The molecule has 0 saturated carbocycles. The molecule has 4 aromatic heterocycles. The summed E-state index contributed by atoms with van der Waals surface area (Å²) in [7, 11) is -2.37. The number of hydrogen-bond donors (Lipinski definition) is 1. The van der Waals surface area contributed by atoms with Gasteiger partial charge < -0.3 is 4.74 Å². The maximum absolute atomic E-state index is 12.7. The number of aromatic nitrogens is 3. The largest absolute Gasteiger partial charge is 0.480 e. The molecule has 1 N–H and O–H groups in total. The molecule has 0 atom stereocenters. The van der Waals surface area contributed by atoms with Crippen LogP contribution in [0.2, 0.25) is 0 Å². The monoisotopic (exact) mass is 428 g/mol. The predicted molar refractivity (Wildman–Crippen MR) is 111 cm³/mol. The molecular formula is C19H16N4O4S2. The highest BCUT2D eigenvalue weighted by atomic mass is 32.2. The van der Waals surface area contributed by atoms with Crippen molar-refractivity contribution in [2.24, 2.45) is 0 Å². The van der Waals surface area contributed by atoms with Gasteiger partial charge in [-0.3, -0.25) is 13.9 Å². The molecule has 0 radical (unpaired) electrons. The topological polar surface area (TPSA) is 103 Å². The van der Waals surface area contributed by atoms with Gasteiger partial charge in [0, 0.05) is 40.7 Å². The van der Waals surface area contributed by atoms with E-state index in [1.54, 1.807) is 42.7 Å². The van der Waals surface area contributed by atoms with Crippen molar-refractivity contribution in [3.8, 4) is 17.0 Å². The lowest BCUT2D eigenvalue weighted by Crippen LogP contribution is -2.13. The average Bonchev–Trinajstić information content (AvgIpc) is 3.15. The van der Waals surface area contributed by atoms with Gasteiger partial charge in [-0.05, 0) is 37.3 Å². The summed E-state index contributed by atoms with van der Waals surface area (Å²) in [5.41, 5.74) is 1.79. The van der Waals surface area contributed by atoms with Crippen LogP contribution >= 0.6 is 11.3 Å². The predicted octanol–water partition coefficient (Wildman–Crippen LogP) is 2.94. The van der Waals surface area contributed by atoms with Crippen LogP contribution in [0.3, 0.4) is 0 Å². The number of rotatable bonds is 5. The van der Waals surface area contributed by atoms with Crippen molar-refractivity contribution in [1.29, 1.82) is 0 Å². The molecule has 4 rings (SSSR count). The lowest BCUT2D eigenvalue weighted by atomic mass is 10.1. The van der Waals surface area contributed by atoms with Crippen LogP contribution in [0, 0.1) is 6.92 Å². The lowest BCUT2D eigenvalue weighted by molar-refractivity contribution is 0.400. The smallest absolute Gasteiger partial charge is 0.271 e. The molecule has 0 fully saturated rings. The molecule has 0 aliphatic carbocycles. The van der Waals surface area contributed by atoms with Gasteiger partial charge in [0.15, 0.2) is 0 Å². The van der Waals surface area contributed by atoms with Crippen LogP contribution in [0.25, 0.3) is 16.8 Å². The van der Waals surface area contributed by atoms with Gasteiger partial charge in [0.2, 0.25) is 5.88 Å². The zero-order valence-electron chi connectivity index (χ0n) is 15.5. The minimum absolute atomic E-state index is 0.144. The summed E-state index contributed by atoms with van der Waals surface area (Å²) in [5, 5.41) is 0. The van der Waals surface area contributed by atoms with Crippen LogP contribution in [0.4, 0.5) is 5.69 Å². The molecule has 0 aliphatic heterocycles. The van der Waals surface area contributed by atoms with Crippen LogP contribution in [0.15, 0.2) is 64.0 Å². The number of fused-ring (bicyclic) bond motifs is 1. The Kier molecular flexibility index (Phi) is 4.81. The number of sulfonamides is 1. The molecule has 0 bridgehead atoms. The fraction of sp³-hybridized carbons (Fsp3) is 0.105. The van der Waals surface area contributed by atoms with Gasteiger partial charge in [0.1, 0.15) is 15.5 Å². The summed E-state index contributed by atoms with van der Waals surface area (Å²) in [6, 6.07) is 9.77. The van der Waals surface area contributed by atoms with Gasteiger partial charge in [-0.1, -0.05) is 0 Å². The normalized spacial score (nSPS) is 11.5. The molecule has 29 heavy (non-hydrogen) atoms. The number of methoxy groups -OCH3 is 1. The summed E-state index contributed by atoms with van der Waals surface area (Å²) in [5.74, 6) is 0.144. The van der Waals surface area contributed by atoms with Crippen LogP contribution in [-0.2, 0) is 10.0 Å². The van der Waals surface area contributed by atoms with Gasteiger partial charge in [-0.15, -0.1) is 11.3 Å². The Labute approximate surface area is 170 Å². The second-order valence-corrected chi connectivity index (χ2v) is 9.38. The minimum Gasteiger partial charge on any atom is -0.480 e. The van der Waals surface area contributed by atoms with Crippen molar-refractivity contribution in [3.63, 3.8) is 0 Å². The third-order valence-electron chi connectivity index (χ3n) is 4.19. The third-order valence-corrected chi connectivity index (χ3v) is 7.05. The van der Waals surface area contributed by atoms with Crippen LogP contribution in [-0.4, -0.2) is 29.9 Å². The van der Waals surface area contributed by atoms with E-state index in [2.05, 4.69) is 14.7 Å². The molecule has 8 nitrogen and oxygen atoms in total. The average molecular weight is 428 g/mol. The summed E-state index contributed by atoms with van der Waals surface area (Å²) < 4.78 is 34.8. The van der Waals surface area contributed by atoms with E-state index in [0.717, 1.165) is 4.88 Å². The van der Waals surface area contributed by atoms with Crippen molar-refractivity contribution in [3.05, 3.63) is 70.2 Å². The Morgan fingerprint density at radius 2 is 1.93 bits per heavy atom. The molecule has 0 saturated heterocycles. The molecule has 0 aliphatic rings. The molecule has 148 valence electrons. The fourth-order valence-electron chi connectivity index (χ4n) is 2.80. The molecule has 0 aromatic carbocycles. The number of anilines is 1. The van der Waals surface area contributed by atoms with Gasteiger partial charge in [0.05, 0.1) is 7.11 Å². The Morgan fingerprint density at radius 3 is 2.66 bits per heavy atom. The van der Waals surface area contributed by atoms with Crippen molar-refractivity contribution < 1.29 is 13.2 Å². The Bertz CT molecular complexity index is 1380. The molecule has 0 unspecified atom stereocenters. The number of hydrogen-bond acceptors (Lipinski definition) is 7. The van der Waals surface area contributed by atoms with E-state index in [-0.39, 0.29) is 21.3 Å². The van der Waals surface area contributed by atoms with Gasteiger partial charge in [-0.25, -0.2) is 18.4 Å². The number of ether oxygens (including phenoxy) is 1. The Balaban J connectivity index is 1.78.